The van der Waals surface area contributed by atoms with Crippen LogP contribution in [0.15, 0.2) is 0 Å². The lowest BCUT2D eigenvalue weighted by Crippen LogP contribution is -2.50. The molecule has 124 valence electrons. The molecule has 0 aromatic carbocycles. The van der Waals surface area contributed by atoms with Crippen molar-refractivity contribution in [3.05, 3.63) is 0 Å². The summed E-state index contributed by atoms with van der Waals surface area (Å²) in [6, 6.07) is 0. The summed E-state index contributed by atoms with van der Waals surface area (Å²) in [7, 11) is -2.00. The SMILES string of the molecule is COCC1CC(OS(C)(=O)=O)CN(C(=O)OC(C)(C)C)C1. The zero-order valence-corrected chi connectivity index (χ0v) is 14.1. The number of nitrogens with zero attached hydrogens (tertiary/aromatic N) is 1. The third-order valence-corrected chi connectivity index (χ3v) is 3.49. The second-order valence-corrected chi connectivity index (χ2v) is 7.97. The molecule has 0 spiro atoms. The fourth-order valence-corrected chi connectivity index (χ4v) is 2.94. The van der Waals surface area contributed by atoms with E-state index in [1.807, 2.05) is 0 Å². The molecule has 1 amide bonds. The Morgan fingerprint density at radius 3 is 2.38 bits per heavy atom. The van der Waals surface area contributed by atoms with E-state index in [0.717, 1.165) is 6.26 Å². The summed E-state index contributed by atoms with van der Waals surface area (Å²) in [6.07, 6.45) is 0.497. The highest BCUT2D eigenvalue weighted by Gasteiger charge is 2.34. The maximum absolute atomic E-state index is 12.1. The van der Waals surface area contributed by atoms with E-state index in [1.54, 1.807) is 27.9 Å². The van der Waals surface area contributed by atoms with Crippen molar-refractivity contribution < 1.29 is 26.9 Å². The molecule has 2 unspecified atom stereocenters. The van der Waals surface area contributed by atoms with Crippen LogP contribution in [0.4, 0.5) is 4.79 Å². The van der Waals surface area contributed by atoms with Gasteiger partial charge in [0.1, 0.15) is 5.60 Å². The van der Waals surface area contributed by atoms with Gasteiger partial charge < -0.3 is 14.4 Å². The Balaban J connectivity index is 2.76. The van der Waals surface area contributed by atoms with E-state index in [1.165, 1.54) is 4.90 Å². The molecule has 1 rings (SSSR count). The fourth-order valence-electron chi connectivity index (χ4n) is 2.30. The Kier molecular flexibility index (Phi) is 6.01. The summed E-state index contributed by atoms with van der Waals surface area (Å²) >= 11 is 0. The monoisotopic (exact) mass is 323 g/mol. The van der Waals surface area contributed by atoms with Crippen molar-refractivity contribution >= 4 is 16.2 Å². The molecule has 7 nitrogen and oxygen atoms in total. The highest BCUT2D eigenvalue weighted by Crippen LogP contribution is 2.22. The van der Waals surface area contributed by atoms with Gasteiger partial charge in [-0.25, -0.2) is 4.79 Å². The first-order chi connectivity index (χ1) is 9.50. The number of amides is 1. The van der Waals surface area contributed by atoms with E-state index in [2.05, 4.69) is 0 Å². The first-order valence-corrected chi connectivity index (χ1v) is 8.67. The van der Waals surface area contributed by atoms with Crippen molar-refractivity contribution in [2.24, 2.45) is 5.92 Å². The minimum absolute atomic E-state index is 0.0167. The number of carbonyl (C=O) groups is 1. The van der Waals surface area contributed by atoms with Gasteiger partial charge in [-0.05, 0) is 27.2 Å². The number of likely N-dealkylation sites (tertiary alicyclic amines) is 1. The van der Waals surface area contributed by atoms with E-state index >= 15 is 0 Å². The highest BCUT2D eigenvalue weighted by atomic mass is 32.2. The predicted molar refractivity (Wildman–Crippen MR) is 77.5 cm³/mol. The van der Waals surface area contributed by atoms with Crippen molar-refractivity contribution in [1.82, 2.24) is 4.90 Å². The van der Waals surface area contributed by atoms with Gasteiger partial charge >= 0.3 is 6.09 Å². The van der Waals surface area contributed by atoms with Crippen LogP contribution in [0.25, 0.3) is 0 Å². The lowest BCUT2D eigenvalue weighted by Gasteiger charge is -2.37. The van der Waals surface area contributed by atoms with Crippen LogP contribution in [-0.4, -0.2) is 64.2 Å². The Bertz CT molecular complexity index is 456. The van der Waals surface area contributed by atoms with Gasteiger partial charge in [-0.15, -0.1) is 0 Å². The van der Waals surface area contributed by atoms with E-state index in [9.17, 15) is 13.2 Å². The van der Waals surface area contributed by atoms with Gasteiger partial charge in [0.05, 0.1) is 25.5 Å². The van der Waals surface area contributed by atoms with Gasteiger partial charge in [-0.3, -0.25) is 4.18 Å². The molecule has 0 bridgehead atoms. The molecule has 0 aliphatic carbocycles. The Morgan fingerprint density at radius 1 is 1.29 bits per heavy atom. The minimum Gasteiger partial charge on any atom is -0.444 e. The van der Waals surface area contributed by atoms with Gasteiger partial charge in [0, 0.05) is 19.6 Å². The smallest absolute Gasteiger partial charge is 0.410 e. The molecule has 0 N–H and O–H groups in total. The van der Waals surface area contributed by atoms with E-state index in [-0.39, 0.29) is 12.5 Å². The van der Waals surface area contributed by atoms with Crippen LogP contribution in [0.1, 0.15) is 27.2 Å². The van der Waals surface area contributed by atoms with Gasteiger partial charge in [-0.1, -0.05) is 0 Å². The molecule has 1 aliphatic rings. The topological polar surface area (TPSA) is 82.1 Å². The molecule has 1 heterocycles. The lowest BCUT2D eigenvalue weighted by molar-refractivity contribution is -0.0107. The van der Waals surface area contributed by atoms with Crippen LogP contribution < -0.4 is 0 Å². The molecule has 1 saturated heterocycles. The molecule has 1 aliphatic heterocycles. The molecule has 0 saturated carbocycles. The summed E-state index contributed by atoms with van der Waals surface area (Å²) in [5.41, 5.74) is -0.599. The molecule has 8 heteroatoms. The quantitative estimate of drug-likeness (QED) is 0.724. The number of hydrogen-bond donors (Lipinski definition) is 0. The Labute approximate surface area is 126 Å². The largest absolute Gasteiger partial charge is 0.444 e. The predicted octanol–water partition coefficient (Wildman–Crippen LogP) is 1.23. The molecule has 0 aromatic rings. The Hall–Kier alpha value is -0.860. The van der Waals surface area contributed by atoms with Gasteiger partial charge in [0.2, 0.25) is 0 Å². The fraction of sp³-hybridized carbons (Fsp3) is 0.923. The van der Waals surface area contributed by atoms with Crippen LogP contribution in [0, 0.1) is 5.92 Å². The van der Waals surface area contributed by atoms with Crippen molar-refractivity contribution in [3.8, 4) is 0 Å². The highest BCUT2D eigenvalue weighted by molar-refractivity contribution is 7.86. The van der Waals surface area contributed by atoms with Gasteiger partial charge in [0.15, 0.2) is 0 Å². The van der Waals surface area contributed by atoms with E-state index in [4.69, 9.17) is 13.7 Å². The summed E-state index contributed by atoms with van der Waals surface area (Å²) in [5.74, 6) is 0.0167. The zero-order valence-electron chi connectivity index (χ0n) is 13.3. The number of ether oxygens (including phenoxy) is 2. The maximum atomic E-state index is 12.1. The number of hydrogen-bond acceptors (Lipinski definition) is 6. The van der Waals surface area contributed by atoms with E-state index in [0.29, 0.717) is 19.6 Å². The average molecular weight is 323 g/mol. The number of piperidine rings is 1. The van der Waals surface area contributed by atoms with Crippen LogP contribution in [-0.2, 0) is 23.8 Å². The molecule has 2 atom stereocenters. The van der Waals surface area contributed by atoms with Crippen LogP contribution in [0.2, 0.25) is 0 Å². The second-order valence-electron chi connectivity index (χ2n) is 6.36. The summed E-state index contributed by atoms with van der Waals surface area (Å²) < 4.78 is 38.0. The molecule has 0 aromatic heterocycles. The molecule has 21 heavy (non-hydrogen) atoms. The van der Waals surface area contributed by atoms with Crippen LogP contribution in [0.3, 0.4) is 0 Å². The average Bonchev–Trinajstić information content (AvgIpc) is 2.24. The number of carbonyl (C=O) groups excluding carboxylic acids is 1. The van der Waals surface area contributed by atoms with Gasteiger partial charge in [-0.2, -0.15) is 8.42 Å². The van der Waals surface area contributed by atoms with Gasteiger partial charge in [0.25, 0.3) is 10.1 Å². The number of rotatable bonds is 4. The van der Waals surface area contributed by atoms with Crippen molar-refractivity contribution in [2.45, 2.75) is 38.9 Å². The summed E-state index contributed by atoms with van der Waals surface area (Å²) in [4.78, 5) is 13.6. The summed E-state index contributed by atoms with van der Waals surface area (Å²) in [6.45, 7) is 6.45. The van der Waals surface area contributed by atoms with Crippen LogP contribution >= 0.6 is 0 Å². The molecule has 1 fully saturated rings. The molecular formula is C13H25NO6S. The third kappa shape index (κ3) is 7.10. The summed E-state index contributed by atoms with van der Waals surface area (Å²) in [5, 5.41) is 0. The van der Waals surface area contributed by atoms with Crippen molar-refractivity contribution in [1.29, 1.82) is 0 Å². The van der Waals surface area contributed by atoms with Crippen molar-refractivity contribution in [2.75, 3.05) is 33.1 Å². The second kappa shape index (κ2) is 6.93. The zero-order chi connectivity index (χ0) is 16.3. The van der Waals surface area contributed by atoms with Crippen LogP contribution in [0.5, 0.6) is 0 Å². The molecule has 0 radical (unpaired) electrons. The third-order valence-electron chi connectivity index (χ3n) is 2.86. The van der Waals surface area contributed by atoms with Crippen molar-refractivity contribution in [3.63, 3.8) is 0 Å². The Morgan fingerprint density at radius 2 is 1.90 bits per heavy atom. The first kappa shape index (κ1) is 18.2. The lowest BCUT2D eigenvalue weighted by atomic mass is 9.97. The normalized spacial score (nSPS) is 24.0. The maximum Gasteiger partial charge on any atom is 0.410 e. The minimum atomic E-state index is -3.57. The number of methoxy groups -OCH3 is 1. The molecular weight excluding hydrogens is 298 g/mol. The first-order valence-electron chi connectivity index (χ1n) is 6.85. The standard InChI is InChI=1S/C13H25NO6S/c1-13(2,3)19-12(15)14-7-10(9-18-4)6-11(8-14)20-21(5,16)17/h10-11H,6-9H2,1-5H3. The van der Waals surface area contributed by atoms with E-state index < -0.39 is 27.9 Å².